The molecule has 0 spiro atoms. The molecular weight excluding hydrogens is 224 g/mol. The lowest BCUT2D eigenvalue weighted by Gasteiger charge is -2.08. The van der Waals surface area contributed by atoms with Gasteiger partial charge in [0.15, 0.2) is 11.6 Å². The molecule has 0 saturated heterocycles. The Kier molecular flexibility index (Phi) is 2.38. The molecule has 0 aromatic carbocycles. The number of nitrogen functional groups attached to an aromatic ring is 1. The van der Waals surface area contributed by atoms with Crippen LogP contribution in [0.2, 0.25) is 0 Å². The normalized spacial score (nSPS) is 14.1. The van der Waals surface area contributed by atoms with Crippen LogP contribution in [0.3, 0.4) is 0 Å². The predicted molar refractivity (Wildman–Crippen MR) is 57.5 cm³/mol. The molecule has 1 aliphatic rings. The Morgan fingerprint density at radius 3 is 2.47 bits per heavy atom. The smallest absolute Gasteiger partial charge is 0.280 e. The van der Waals surface area contributed by atoms with Crippen LogP contribution in [-0.4, -0.2) is 39.0 Å². The minimum absolute atomic E-state index is 0.0122. The van der Waals surface area contributed by atoms with E-state index < -0.39 is 17.6 Å². The summed E-state index contributed by atoms with van der Waals surface area (Å²) >= 11 is 0. The van der Waals surface area contributed by atoms with Crippen molar-refractivity contribution in [1.82, 2.24) is 14.9 Å². The summed E-state index contributed by atoms with van der Waals surface area (Å²) in [6.07, 6.45) is 0. The lowest BCUT2D eigenvalue weighted by Crippen LogP contribution is -2.29. The number of carbonyl (C=O) groups is 3. The molecule has 0 radical (unpaired) electrons. The van der Waals surface area contributed by atoms with Gasteiger partial charge in [-0.2, -0.15) is 0 Å². The third-order valence-corrected chi connectivity index (χ3v) is 2.47. The minimum atomic E-state index is -0.538. The van der Waals surface area contributed by atoms with Crippen LogP contribution in [0.25, 0.3) is 0 Å². The van der Waals surface area contributed by atoms with Gasteiger partial charge in [-0.15, -0.1) is 0 Å². The Hall–Kier alpha value is -2.31. The molecule has 1 aliphatic heterocycles. The van der Waals surface area contributed by atoms with Crippen LogP contribution in [-0.2, 0) is 0 Å². The van der Waals surface area contributed by atoms with Crippen LogP contribution in [0.1, 0.15) is 45.3 Å². The number of anilines is 1. The zero-order chi connectivity index (χ0) is 12.7. The fourth-order valence-corrected chi connectivity index (χ4v) is 1.64. The highest BCUT2D eigenvalue weighted by atomic mass is 16.2. The van der Waals surface area contributed by atoms with Gasteiger partial charge in [0.1, 0.15) is 17.1 Å². The van der Waals surface area contributed by atoms with E-state index in [1.807, 2.05) is 0 Å². The Morgan fingerprint density at radius 2 is 1.94 bits per heavy atom. The Labute approximate surface area is 96.6 Å². The van der Waals surface area contributed by atoms with Gasteiger partial charge in [-0.1, -0.05) is 0 Å². The van der Waals surface area contributed by atoms with Crippen LogP contribution in [0.15, 0.2) is 0 Å². The molecule has 7 heteroatoms. The number of ketones is 1. The molecule has 0 fully saturated rings. The second-order valence-corrected chi connectivity index (χ2v) is 3.57. The van der Waals surface area contributed by atoms with Crippen molar-refractivity contribution < 1.29 is 14.4 Å². The third kappa shape index (κ3) is 1.47. The van der Waals surface area contributed by atoms with Crippen molar-refractivity contribution in [3.05, 3.63) is 17.1 Å². The van der Waals surface area contributed by atoms with Crippen molar-refractivity contribution >= 4 is 23.4 Å². The summed E-state index contributed by atoms with van der Waals surface area (Å²) in [7, 11) is 0. The number of fused-ring (bicyclic) bond motifs is 1. The van der Waals surface area contributed by atoms with E-state index in [0.29, 0.717) is 0 Å². The molecule has 2 rings (SSSR count). The number of aromatic nitrogens is 2. The summed E-state index contributed by atoms with van der Waals surface area (Å²) in [5, 5.41) is 0. The van der Waals surface area contributed by atoms with Crippen molar-refractivity contribution in [2.75, 3.05) is 12.3 Å². The molecule has 0 aliphatic carbocycles. The number of carbonyl (C=O) groups excluding carboxylic acids is 3. The summed E-state index contributed by atoms with van der Waals surface area (Å²) in [6, 6.07) is 0. The fraction of sp³-hybridized carbons (Fsp3) is 0.300. The van der Waals surface area contributed by atoms with Gasteiger partial charge in [0, 0.05) is 13.5 Å². The van der Waals surface area contributed by atoms with E-state index in [1.54, 1.807) is 6.92 Å². The van der Waals surface area contributed by atoms with Crippen LogP contribution in [0.4, 0.5) is 5.82 Å². The number of hydrogen-bond donors (Lipinski definition) is 1. The summed E-state index contributed by atoms with van der Waals surface area (Å²) in [6.45, 7) is 3.15. The molecule has 0 bridgehead atoms. The number of nitrogens with two attached hydrogens (primary N) is 1. The van der Waals surface area contributed by atoms with Gasteiger partial charge >= 0.3 is 0 Å². The molecule has 0 saturated carbocycles. The van der Waals surface area contributed by atoms with E-state index in [4.69, 9.17) is 5.73 Å². The average molecular weight is 234 g/mol. The fourth-order valence-electron chi connectivity index (χ4n) is 1.64. The Bertz CT molecular complexity index is 553. The molecule has 2 N–H and O–H groups in total. The van der Waals surface area contributed by atoms with E-state index in [2.05, 4.69) is 9.97 Å². The first kappa shape index (κ1) is 11.2. The quantitative estimate of drug-likeness (QED) is 0.564. The van der Waals surface area contributed by atoms with Crippen molar-refractivity contribution in [2.24, 2.45) is 0 Å². The lowest BCUT2D eigenvalue weighted by atomic mass is 10.2. The van der Waals surface area contributed by atoms with Gasteiger partial charge in [-0.3, -0.25) is 19.3 Å². The summed E-state index contributed by atoms with van der Waals surface area (Å²) in [5.74, 6) is -1.74. The van der Waals surface area contributed by atoms with Gasteiger partial charge in [0.2, 0.25) is 0 Å². The lowest BCUT2D eigenvalue weighted by molar-refractivity contribution is 0.0661. The second kappa shape index (κ2) is 3.62. The number of hydrogen-bond acceptors (Lipinski definition) is 6. The van der Waals surface area contributed by atoms with Gasteiger partial charge in [-0.25, -0.2) is 9.97 Å². The molecule has 1 aromatic heterocycles. The Morgan fingerprint density at radius 1 is 1.29 bits per heavy atom. The molecule has 2 heterocycles. The summed E-state index contributed by atoms with van der Waals surface area (Å²) in [4.78, 5) is 43.3. The highest BCUT2D eigenvalue weighted by molar-refractivity contribution is 6.22. The van der Waals surface area contributed by atoms with E-state index in [1.165, 1.54) is 6.92 Å². The zero-order valence-corrected chi connectivity index (χ0v) is 9.35. The van der Waals surface area contributed by atoms with E-state index in [9.17, 15) is 14.4 Å². The molecule has 7 nitrogen and oxygen atoms in total. The number of rotatable bonds is 2. The van der Waals surface area contributed by atoms with E-state index in [-0.39, 0.29) is 29.4 Å². The molecule has 2 amide bonds. The topological polar surface area (TPSA) is 106 Å². The first-order valence-electron chi connectivity index (χ1n) is 5.02. The number of amides is 2. The first-order valence-corrected chi connectivity index (χ1v) is 5.02. The van der Waals surface area contributed by atoms with Crippen molar-refractivity contribution in [2.45, 2.75) is 13.8 Å². The standard InChI is InChI=1S/C10H10N4O3/c1-3-14-9(16)5-6(10(14)17)12-8(4(2)15)13-7(5)11/h3H2,1-2H3,(H2,11,12,13). The van der Waals surface area contributed by atoms with Crippen LogP contribution in [0.5, 0.6) is 0 Å². The molecular formula is C10H10N4O3. The Balaban J connectivity index is 2.66. The van der Waals surface area contributed by atoms with Gasteiger partial charge < -0.3 is 5.73 Å². The second-order valence-electron chi connectivity index (χ2n) is 3.57. The average Bonchev–Trinajstić information content (AvgIpc) is 2.51. The van der Waals surface area contributed by atoms with E-state index in [0.717, 1.165) is 4.90 Å². The van der Waals surface area contributed by atoms with Crippen molar-refractivity contribution in [3.8, 4) is 0 Å². The molecule has 17 heavy (non-hydrogen) atoms. The maximum Gasteiger partial charge on any atom is 0.280 e. The minimum Gasteiger partial charge on any atom is -0.383 e. The number of imide groups is 1. The van der Waals surface area contributed by atoms with Crippen molar-refractivity contribution in [1.29, 1.82) is 0 Å². The maximum atomic E-state index is 11.8. The molecule has 88 valence electrons. The van der Waals surface area contributed by atoms with Crippen molar-refractivity contribution in [3.63, 3.8) is 0 Å². The highest BCUT2D eigenvalue weighted by Crippen LogP contribution is 2.24. The van der Waals surface area contributed by atoms with Crippen LogP contribution >= 0.6 is 0 Å². The summed E-state index contributed by atoms with van der Waals surface area (Å²) < 4.78 is 0. The number of nitrogens with zero attached hydrogens (tertiary/aromatic N) is 3. The SMILES string of the molecule is CCN1C(=O)c2nc(C(C)=O)nc(N)c2C1=O. The summed E-state index contributed by atoms with van der Waals surface area (Å²) in [5.41, 5.74) is 5.48. The first-order chi connectivity index (χ1) is 7.97. The van der Waals surface area contributed by atoms with Gasteiger partial charge in [0.25, 0.3) is 11.8 Å². The monoisotopic (exact) mass is 234 g/mol. The van der Waals surface area contributed by atoms with Crippen LogP contribution in [0, 0.1) is 0 Å². The van der Waals surface area contributed by atoms with E-state index >= 15 is 0 Å². The van der Waals surface area contributed by atoms with Crippen LogP contribution < -0.4 is 5.73 Å². The molecule has 0 atom stereocenters. The van der Waals surface area contributed by atoms with Gasteiger partial charge in [-0.05, 0) is 6.92 Å². The molecule has 0 unspecified atom stereocenters. The predicted octanol–water partition coefficient (Wildman–Crippen LogP) is -0.123. The van der Waals surface area contributed by atoms with Gasteiger partial charge in [0.05, 0.1) is 0 Å². The zero-order valence-electron chi connectivity index (χ0n) is 9.35. The largest absolute Gasteiger partial charge is 0.383 e. The number of Topliss-reactive ketones (excluding diaryl/α,β-unsaturated/α-hetero) is 1. The third-order valence-electron chi connectivity index (χ3n) is 2.47. The molecule has 1 aromatic rings. The maximum absolute atomic E-state index is 11.8. The highest BCUT2D eigenvalue weighted by Gasteiger charge is 2.39.